The number of aromatic nitrogens is 2. The molecule has 1 aromatic heterocycles. The van der Waals surface area contributed by atoms with E-state index in [0.717, 1.165) is 67.3 Å². The summed E-state index contributed by atoms with van der Waals surface area (Å²) in [5.74, 6) is 1.56. The average molecular weight is 354 g/mol. The molecule has 7 nitrogen and oxygen atoms in total. The standard InChI is InChI=1S/C19H22N4O3/c1-25-13-2-3-16-14(10-13)17-15(11-26-16)18(21-20-17)19(24)23-9-8-22-6-4-12(23)5-7-22/h2-3,10,12H,4-9,11H2,1H3,(H,20,21). The van der Waals surface area contributed by atoms with Crippen LogP contribution in [0.5, 0.6) is 11.5 Å². The first-order valence-electron chi connectivity index (χ1n) is 9.16. The van der Waals surface area contributed by atoms with Gasteiger partial charge in [-0.15, -0.1) is 0 Å². The van der Waals surface area contributed by atoms with Gasteiger partial charge in [-0.05, 0) is 31.0 Å². The zero-order valence-corrected chi connectivity index (χ0v) is 14.8. The highest BCUT2D eigenvalue weighted by molar-refractivity contribution is 5.96. The zero-order valence-electron chi connectivity index (χ0n) is 14.8. The normalized spacial score (nSPS) is 23.7. The number of ether oxygens (including phenoxy) is 2. The maximum absolute atomic E-state index is 13.3. The fraction of sp³-hybridized carbons (Fsp3) is 0.474. The second kappa shape index (κ2) is 6.02. The smallest absolute Gasteiger partial charge is 0.272 e. The molecule has 3 saturated heterocycles. The highest BCUT2D eigenvalue weighted by Gasteiger charge is 2.35. The van der Waals surface area contributed by atoms with Gasteiger partial charge in [0.2, 0.25) is 0 Å². The molecule has 1 amide bonds. The Balaban J connectivity index is 1.50. The van der Waals surface area contributed by atoms with E-state index in [4.69, 9.17) is 9.47 Å². The minimum atomic E-state index is 0.0439. The Hall–Kier alpha value is -2.54. The van der Waals surface area contributed by atoms with Crippen LogP contribution in [0.25, 0.3) is 11.3 Å². The Morgan fingerprint density at radius 1 is 1.27 bits per heavy atom. The van der Waals surface area contributed by atoms with Crippen LogP contribution in [0.2, 0.25) is 0 Å². The van der Waals surface area contributed by atoms with Crippen molar-refractivity contribution < 1.29 is 14.3 Å². The molecule has 0 spiro atoms. The molecule has 0 aliphatic carbocycles. The monoisotopic (exact) mass is 354 g/mol. The summed E-state index contributed by atoms with van der Waals surface area (Å²) in [6, 6.07) is 5.99. The molecule has 7 heteroatoms. The number of hydrogen-bond donors (Lipinski definition) is 1. The lowest BCUT2D eigenvalue weighted by atomic mass is 10.0. The van der Waals surface area contributed by atoms with E-state index in [1.807, 2.05) is 23.1 Å². The first kappa shape index (κ1) is 15.7. The van der Waals surface area contributed by atoms with E-state index in [1.165, 1.54) is 0 Å². The van der Waals surface area contributed by atoms with E-state index in [2.05, 4.69) is 15.1 Å². The quantitative estimate of drug-likeness (QED) is 0.892. The van der Waals surface area contributed by atoms with Gasteiger partial charge in [0, 0.05) is 43.3 Å². The molecule has 3 fully saturated rings. The second-order valence-corrected chi connectivity index (χ2v) is 7.15. The molecule has 6 rings (SSSR count). The Bertz CT molecular complexity index is 854. The van der Waals surface area contributed by atoms with Crippen LogP contribution in [0.1, 0.15) is 28.9 Å². The molecule has 0 atom stereocenters. The number of amides is 1. The molecular formula is C19H22N4O3. The van der Waals surface area contributed by atoms with Crippen LogP contribution in [0.4, 0.5) is 0 Å². The molecule has 0 unspecified atom stereocenters. The molecule has 4 aliphatic heterocycles. The Morgan fingerprint density at radius 3 is 2.92 bits per heavy atom. The number of carbonyl (C=O) groups is 1. The first-order chi connectivity index (χ1) is 12.7. The molecule has 1 N–H and O–H groups in total. The second-order valence-electron chi connectivity index (χ2n) is 7.15. The third kappa shape index (κ3) is 2.38. The van der Waals surface area contributed by atoms with E-state index < -0.39 is 0 Å². The van der Waals surface area contributed by atoms with Crippen LogP contribution < -0.4 is 9.47 Å². The van der Waals surface area contributed by atoms with Crippen molar-refractivity contribution in [1.29, 1.82) is 0 Å². The van der Waals surface area contributed by atoms with Crippen molar-refractivity contribution in [2.45, 2.75) is 25.5 Å². The lowest BCUT2D eigenvalue weighted by Crippen LogP contribution is -2.42. The van der Waals surface area contributed by atoms with Gasteiger partial charge in [0.1, 0.15) is 29.5 Å². The van der Waals surface area contributed by atoms with Crippen molar-refractivity contribution in [1.82, 2.24) is 20.0 Å². The van der Waals surface area contributed by atoms with Gasteiger partial charge in [0.05, 0.1) is 7.11 Å². The lowest BCUT2D eigenvalue weighted by Gasteiger charge is -2.31. The molecule has 4 aliphatic rings. The number of aromatic amines is 1. The summed E-state index contributed by atoms with van der Waals surface area (Å²) in [6.45, 7) is 4.27. The van der Waals surface area contributed by atoms with Crippen LogP contribution >= 0.6 is 0 Å². The van der Waals surface area contributed by atoms with Crippen molar-refractivity contribution >= 4 is 5.91 Å². The Labute approximate surface area is 151 Å². The number of nitrogens with zero attached hydrogens (tertiary/aromatic N) is 3. The molecule has 0 saturated carbocycles. The van der Waals surface area contributed by atoms with E-state index in [-0.39, 0.29) is 5.91 Å². The third-order valence-electron chi connectivity index (χ3n) is 5.81. The topological polar surface area (TPSA) is 70.7 Å². The molecule has 0 radical (unpaired) electrons. The van der Waals surface area contributed by atoms with Crippen molar-refractivity contribution in [3.63, 3.8) is 0 Å². The van der Waals surface area contributed by atoms with E-state index in [1.54, 1.807) is 7.11 Å². The fourth-order valence-electron chi connectivity index (χ4n) is 4.30. The van der Waals surface area contributed by atoms with Crippen LogP contribution in [-0.2, 0) is 6.61 Å². The number of H-pyrrole nitrogens is 1. The largest absolute Gasteiger partial charge is 0.497 e. The number of methoxy groups -OCH3 is 1. The number of benzene rings is 1. The first-order valence-corrected chi connectivity index (χ1v) is 9.16. The number of rotatable bonds is 2. The summed E-state index contributed by atoms with van der Waals surface area (Å²) in [5, 5.41) is 7.45. The highest BCUT2D eigenvalue weighted by Crippen LogP contribution is 2.40. The number of hydrogen-bond acceptors (Lipinski definition) is 5. The third-order valence-corrected chi connectivity index (χ3v) is 5.81. The number of fused-ring (bicyclic) bond motifs is 7. The molecule has 2 aromatic rings. The number of piperidine rings is 1. The molecule has 1 aromatic carbocycles. The van der Waals surface area contributed by atoms with Crippen molar-refractivity contribution in [2.75, 3.05) is 33.3 Å². The van der Waals surface area contributed by atoms with Gasteiger partial charge in [0.25, 0.3) is 5.91 Å². The molecule has 2 bridgehead atoms. The average Bonchev–Trinajstić information content (AvgIpc) is 2.90. The van der Waals surface area contributed by atoms with Gasteiger partial charge in [0.15, 0.2) is 0 Å². The van der Waals surface area contributed by atoms with Gasteiger partial charge < -0.3 is 19.3 Å². The van der Waals surface area contributed by atoms with Gasteiger partial charge in [-0.25, -0.2) is 0 Å². The van der Waals surface area contributed by atoms with Gasteiger partial charge in [-0.3, -0.25) is 9.89 Å². The molecule has 136 valence electrons. The molecule has 26 heavy (non-hydrogen) atoms. The summed E-state index contributed by atoms with van der Waals surface area (Å²) in [4.78, 5) is 17.7. The zero-order chi connectivity index (χ0) is 17.7. The van der Waals surface area contributed by atoms with Gasteiger partial charge in [-0.2, -0.15) is 5.10 Å². The van der Waals surface area contributed by atoms with E-state index in [0.29, 0.717) is 18.3 Å². The maximum Gasteiger partial charge on any atom is 0.272 e. The summed E-state index contributed by atoms with van der Waals surface area (Å²) >= 11 is 0. The number of nitrogens with one attached hydrogen (secondary N) is 1. The van der Waals surface area contributed by atoms with E-state index >= 15 is 0 Å². The SMILES string of the molecule is COc1ccc2c(c1)-c1n[nH]c(C(=O)N3CCN4CCC3CC4)c1CO2. The summed E-state index contributed by atoms with van der Waals surface area (Å²) in [6.07, 6.45) is 2.11. The lowest BCUT2D eigenvalue weighted by molar-refractivity contribution is 0.0676. The van der Waals surface area contributed by atoms with Crippen molar-refractivity contribution in [3.05, 3.63) is 29.5 Å². The van der Waals surface area contributed by atoms with Crippen LogP contribution in [0, 0.1) is 0 Å². The van der Waals surface area contributed by atoms with Gasteiger partial charge >= 0.3 is 0 Å². The molecule has 5 heterocycles. The number of carbonyl (C=O) groups excluding carboxylic acids is 1. The minimum absolute atomic E-state index is 0.0439. The summed E-state index contributed by atoms with van der Waals surface area (Å²) < 4.78 is 11.2. The van der Waals surface area contributed by atoms with Gasteiger partial charge in [-0.1, -0.05) is 0 Å². The van der Waals surface area contributed by atoms with Crippen molar-refractivity contribution in [3.8, 4) is 22.8 Å². The minimum Gasteiger partial charge on any atom is -0.497 e. The Kier molecular flexibility index (Phi) is 3.63. The highest BCUT2D eigenvalue weighted by atomic mass is 16.5. The summed E-state index contributed by atoms with van der Waals surface area (Å²) in [5.41, 5.74) is 3.06. The summed E-state index contributed by atoms with van der Waals surface area (Å²) in [7, 11) is 1.63. The fourth-order valence-corrected chi connectivity index (χ4v) is 4.30. The van der Waals surface area contributed by atoms with Crippen LogP contribution in [0.15, 0.2) is 18.2 Å². The maximum atomic E-state index is 13.3. The predicted octanol–water partition coefficient (Wildman–Crippen LogP) is 1.90. The van der Waals surface area contributed by atoms with Crippen LogP contribution in [0.3, 0.4) is 0 Å². The molecular weight excluding hydrogens is 332 g/mol. The Morgan fingerprint density at radius 2 is 2.12 bits per heavy atom. The predicted molar refractivity (Wildman–Crippen MR) is 95.4 cm³/mol. The van der Waals surface area contributed by atoms with E-state index in [9.17, 15) is 4.79 Å². The van der Waals surface area contributed by atoms with Crippen molar-refractivity contribution in [2.24, 2.45) is 0 Å². The van der Waals surface area contributed by atoms with Crippen LogP contribution in [-0.4, -0.2) is 65.2 Å².